The summed E-state index contributed by atoms with van der Waals surface area (Å²) in [5.41, 5.74) is 0. The minimum absolute atomic E-state index is 0.0243. The number of thiocarbonyl (C=S) groups is 1. The van der Waals surface area contributed by atoms with E-state index >= 15 is 0 Å². The average molecular weight is 246 g/mol. The topological polar surface area (TPSA) is 24.1 Å². The highest BCUT2D eigenvalue weighted by molar-refractivity contribution is 7.80. The van der Waals surface area contributed by atoms with Crippen molar-refractivity contribution in [1.29, 1.82) is 0 Å². The SMILES string of the molecule is CCCCNC(=S)NCC(F)(F)C(F)F. The lowest BCUT2D eigenvalue weighted by atomic mass is 10.3. The Labute approximate surface area is 91.4 Å². The van der Waals surface area contributed by atoms with Gasteiger partial charge in [0.25, 0.3) is 0 Å². The van der Waals surface area contributed by atoms with E-state index in [1.807, 2.05) is 6.92 Å². The normalized spacial score (nSPS) is 11.6. The van der Waals surface area contributed by atoms with Crippen molar-refractivity contribution in [1.82, 2.24) is 10.6 Å². The molecule has 0 spiro atoms. The van der Waals surface area contributed by atoms with Crippen LogP contribution >= 0.6 is 12.2 Å². The maximum absolute atomic E-state index is 12.4. The molecule has 0 aromatic carbocycles. The van der Waals surface area contributed by atoms with E-state index in [1.165, 1.54) is 0 Å². The van der Waals surface area contributed by atoms with E-state index < -0.39 is 18.9 Å². The molecule has 0 fully saturated rings. The van der Waals surface area contributed by atoms with E-state index in [-0.39, 0.29) is 5.11 Å². The van der Waals surface area contributed by atoms with Gasteiger partial charge in [-0.3, -0.25) is 0 Å². The van der Waals surface area contributed by atoms with Crippen LogP contribution in [0.1, 0.15) is 19.8 Å². The van der Waals surface area contributed by atoms with Crippen LogP contribution in [0.2, 0.25) is 0 Å². The third-order valence-electron chi connectivity index (χ3n) is 1.62. The second-order valence-corrected chi connectivity index (χ2v) is 3.43. The molecule has 0 bridgehead atoms. The van der Waals surface area contributed by atoms with Crippen molar-refractivity contribution in [2.24, 2.45) is 0 Å². The molecule has 0 rings (SSSR count). The summed E-state index contributed by atoms with van der Waals surface area (Å²) in [4.78, 5) is 0. The highest BCUT2D eigenvalue weighted by Crippen LogP contribution is 2.21. The highest BCUT2D eigenvalue weighted by Gasteiger charge is 2.40. The molecule has 15 heavy (non-hydrogen) atoms. The van der Waals surface area contributed by atoms with Gasteiger partial charge in [0.1, 0.15) is 0 Å². The van der Waals surface area contributed by atoms with Gasteiger partial charge in [-0.15, -0.1) is 0 Å². The van der Waals surface area contributed by atoms with Crippen LogP contribution in [0.15, 0.2) is 0 Å². The van der Waals surface area contributed by atoms with E-state index in [0.29, 0.717) is 6.54 Å². The Morgan fingerprint density at radius 1 is 1.33 bits per heavy atom. The molecule has 2 nitrogen and oxygen atoms in total. The van der Waals surface area contributed by atoms with Crippen molar-refractivity contribution in [2.75, 3.05) is 13.1 Å². The summed E-state index contributed by atoms with van der Waals surface area (Å²) in [6.45, 7) is 1.36. The molecule has 0 radical (unpaired) electrons. The predicted molar refractivity (Wildman–Crippen MR) is 54.5 cm³/mol. The number of rotatable bonds is 6. The Balaban J connectivity index is 3.71. The van der Waals surface area contributed by atoms with E-state index in [9.17, 15) is 17.6 Å². The Morgan fingerprint density at radius 3 is 2.40 bits per heavy atom. The van der Waals surface area contributed by atoms with Crippen LogP contribution in [0.3, 0.4) is 0 Å². The van der Waals surface area contributed by atoms with Crippen molar-refractivity contribution in [3.63, 3.8) is 0 Å². The molecule has 0 aliphatic rings. The van der Waals surface area contributed by atoms with Gasteiger partial charge < -0.3 is 10.6 Å². The zero-order chi connectivity index (χ0) is 11.9. The standard InChI is InChI=1S/C8H14F4N2S/c1-2-3-4-13-7(15)14-5-8(11,12)6(9)10/h6H,2-5H2,1H3,(H2,13,14,15). The molecular formula is C8H14F4N2S. The number of unbranched alkanes of at least 4 members (excludes halogenated alkanes) is 1. The van der Waals surface area contributed by atoms with Crippen molar-refractivity contribution in [2.45, 2.75) is 32.1 Å². The first-order valence-electron chi connectivity index (χ1n) is 4.57. The average Bonchev–Trinajstić information content (AvgIpc) is 2.15. The van der Waals surface area contributed by atoms with Crippen molar-refractivity contribution in [3.05, 3.63) is 0 Å². The van der Waals surface area contributed by atoms with Gasteiger partial charge in [-0.05, 0) is 18.6 Å². The molecule has 0 heterocycles. The minimum Gasteiger partial charge on any atom is -0.363 e. The predicted octanol–water partition coefficient (Wildman–Crippen LogP) is 2.15. The van der Waals surface area contributed by atoms with Crippen LogP contribution in [0.5, 0.6) is 0 Å². The quantitative estimate of drug-likeness (QED) is 0.426. The molecular weight excluding hydrogens is 232 g/mol. The fraction of sp³-hybridized carbons (Fsp3) is 0.875. The van der Waals surface area contributed by atoms with Crippen LogP contribution in [0.4, 0.5) is 17.6 Å². The summed E-state index contributed by atoms with van der Waals surface area (Å²) in [6, 6.07) is 0. The lowest BCUT2D eigenvalue weighted by molar-refractivity contribution is -0.122. The van der Waals surface area contributed by atoms with Gasteiger partial charge in [-0.25, -0.2) is 8.78 Å². The van der Waals surface area contributed by atoms with Gasteiger partial charge >= 0.3 is 12.3 Å². The van der Waals surface area contributed by atoms with Crippen molar-refractivity contribution in [3.8, 4) is 0 Å². The molecule has 0 aliphatic heterocycles. The van der Waals surface area contributed by atoms with E-state index in [2.05, 4.69) is 22.9 Å². The summed E-state index contributed by atoms with van der Waals surface area (Å²) >= 11 is 4.62. The van der Waals surface area contributed by atoms with Gasteiger partial charge in [0.2, 0.25) is 0 Å². The zero-order valence-corrected chi connectivity index (χ0v) is 9.14. The van der Waals surface area contributed by atoms with Crippen LogP contribution in [0.25, 0.3) is 0 Å². The minimum atomic E-state index is -4.05. The fourth-order valence-electron chi connectivity index (χ4n) is 0.716. The van der Waals surface area contributed by atoms with Crippen molar-refractivity contribution < 1.29 is 17.6 Å². The van der Waals surface area contributed by atoms with E-state index in [0.717, 1.165) is 12.8 Å². The largest absolute Gasteiger partial charge is 0.363 e. The molecule has 0 unspecified atom stereocenters. The molecule has 0 saturated carbocycles. The fourth-order valence-corrected chi connectivity index (χ4v) is 0.891. The molecule has 0 saturated heterocycles. The van der Waals surface area contributed by atoms with Gasteiger partial charge in [0, 0.05) is 6.54 Å². The molecule has 0 aromatic rings. The van der Waals surface area contributed by atoms with E-state index in [4.69, 9.17) is 0 Å². The second kappa shape index (κ2) is 6.81. The summed E-state index contributed by atoms with van der Waals surface area (Å²) in [7, 11) is 0. The van der Waals surface area contributed by atoms with Crippen LogP contribution in [-0.2, 0) is 0 Å². The first-order valence-corrected chi connectivity index (χ1v) is 4.98. The van der Waals surface area contributed by atoms with Gasteiger partial charge in [-0.2, -0.15) is 8.78 Å². The zero-order valence-electron chi connectivity index (χ0n) is 8.33. The molecule has 0 aliphatic carbocycles. The summed E-state index contributed by atoms with van der Waals surface area (Å²) < 4.78 is 48.2. The van der Waals surface area contributed by atoms with Crippen LogP contribution in [0, 0.1) is 0 Å². The monoisotopic (exact) mass is 246 g/mol. The lowest BCUT2D eigenvalue weighted by Gasteiger charge is -2.17. The number of hydrogen-bond acceptors (Lipinski definition) is 1. The lowest BCUT2D eigenvalue weighted by Crippen LogP contribution is -2.45. The van der Waals surface area contributed by atoms with Crippen molar-refractivity contribution >= 4 is 17.3 Å². The Morgan fingerprint density at radius 2 is 1.93 bits per heavy atom. The van der Waals surface area contributed by atoms with Gasteiger partial charge in [-0.1, -0.05) is 13.3 Å². The summed E-state index contributed by atoms with van der Waals surface area (Å²) in [6.07, 6.45) is -1.90. The maximum atomic E-state index is 12.4. The van der Waals surface area contributed by atoms with Gasteiger partial charge in [0.15, 0.2) is 5.11 Å². The molecule has 0 atom stereocenters. The first kappa shape index (κ1) is 14.4. The van der Waals surface area contributed by atoms with Crippen LogP contribution in [-0.4, -0.2) is 30.5 Å². The second-order valence-electron chi connectivity index (χ2n) is 3.02. The highest BCUT2D eigenvalue weighted by atomic mass is 32.1. The number of nitrogens with one attached hydrogen (secondary N) is 2. The van der Waals surface area contributed by atoms with E-state index in [1.54, 1.807) is 0 Å². The summed E-state index contributed by atoms with van der Waals surface area (Å²) in [5, 5.41) is 4.67. The number of alkyl halides is 4. The Kier molecular flexibility index (Phi) is 6.55. The smallest absolute Gasteiger partial charge is 0.324 e. The number of hydrogen-bond donors (Lipinski definition) is 2. The number of halogens is 4. The Hall–Kier alpha value is -0.590. The third kappa shape index (κ3) is 6.48. The molecule has 90 valence electrons. The first-order chi connectivity index (χ1) is 6.90. The molecule has 2 N–H and O–H groups in total. The third-order valence-corrected chi connectivity index (χ3v) is 1.91. The molecule has 0 amide bonds. The summed E-state index contributed by atoms with van der Waals surface area (Å²) in [5.74, 6) is -4.05. The van der Waals surface area contributed by atoms with Crippen LogP contribution < -0.4 is 10.6 Å². The van der Waals surface area contributed by atoms with Gasteiger partial charge in [0.05, 0.1) is 6.54 Å². The Bertz CT molecular complexity index is 199. The molecule has 0 aromatic heterocycles. The maximum Gasteiger partial charge on any atom is 0.324 e. The molecule has 7 heteroatoms.